The molecule has 0 bridgehead atoms. The molecule has 0 aliphatic carbocycles. The van der Waals surface area contributed by atoms with Crippen molar-refractivity contribution in [3.05, 3.63) is 63.3 Å². The number of H-pyrrole nitrogens is 1. The Morgan fingerprint density at radius 1 is 1.17 bits per heavy atom. The number of thiophene rings is 1. The van der Waals surface area contributed by atoms with Gasteiger partial charge in [-0.05, 0) is 47.2 Å². The Morgan fingerprint density at radius 3 is 2.60 bits per heavy atom. The SMILES string of the molecule is COc1ccc2[nH]c(=O)c3sccc3c2c1-c1ccc(CN(C)S(C)(=O)=O)c(C)c1. The third-order valence-electron chi connectivity index (χ3n) is 5.37. The van der Waals surface area contributed by atoms with Crippen LogP contribution in [0, 0.1) is 6.92 Å². The van der Waals surface area contributed by atoms with Gasteiger partial charge in [0.2, 0.25) is 10.0 Å². The standard InChI is InChI=1S/C22H22N2O4S2/c1-13-11-14(5-6-15(13)12-24(2)30(4,26)27)19-18(28-3)8-7-17-20(19)16-9-10-29-21(16)22(25)23-17/h5-11H,12H2,1-4H3,(H,23,25). The fourth-order valence-electron chi connectivity index (χ4n) is 3.67. The molecule has 8 heteroatoms. The molecule has 0 aliphatic heterocycles. The molecule has 0 saturated heterocycles. The molecule has 6 nitrogen and oxygen atoms in total. The lowest BCUT2D eigenvalue weighted by molar-refractivity contribution is 0.417. The van der Waals surface area contributed by atoms with Crippen molar-refractivity contribution in [2.45, 2.75) is 13.5 Å². The van der Waals surface area contributed by atoms with Crippen LogP contribution in [0.2, 0.25) is 0 Å². The van der Waals surface area contributed by atoms with E-state index in [4.69, 9.17) is 4.74 Å². The number of benzene rings is 2. The van der Waals surface area contributed by atoms with E-state index in [1.54, 1.807) is 14.2 Å². The van der Waals surface area contributed by atoms with Gasteiger partial charge in [-0.3, -0.25) is 4.79 Å². The van der Waals surface area contributed by atoms with Crippen molar-refractivity contribution in [3.63, 3.8) is 0 Å². The number of pyridine rings is 1. The summed E-state index contributed by atoms with van der Waals surface area (Å²) in [6.45, 7) is 2.27. The van der Waals surface area contributed by atoms with Gasteiger partial charge in [0.05, 0.1) is 13.4 Å². The van der Waals surface area contributed by atoms with E-state index in [9.17, 15) is 13.2 Å². The summed E-state index contributed by atoms with van der Waals surface area (Å²) < 4.78 is 31.2. The second kappa shape index (κ2) is 7.54. The van der Waals surface area contributed by atoms with Crippen LogP contribution in [0.4, 0.5) is 0 Å². The van der Waals surface area contributed by atoms with Crippen molar-refractivity contribution in [2.75, 3.05) is 20.4 Å². The Kier molecular flexibility index (Phi) is 5.17. The average molecular weight is 443 g/mol. The first-order chi connectivity index (χ1) is 14.2. The molecule has 0 radical (unpaired) electrons. The first-order valence-electron chi connectivity index (χ1n) is 9.32. The molecule has 0 fully saturated rings. The highest BCUT2D eigenvalue weighted by molar-refractivity contribution is 7.88. The number of aryl methyl sites for hydroxylation is 1. The molecule has 156 valence electrons. The van der Waals surface area contributed by atoms with Crippen LogP contribution in [-0.2, 0) is 16.6 Å². The fraction of sp³-hybridized carbons (Fsp3) is 0.227. The number of aromatic nitrogens is 1. The highest BCUT2D eigenvalue weighted by Gasteiger charge is 2.18. The van der Waals surface area contributed by atoms with Crippen LogP contribution in [0.5, 0.6) is 5.75 Å². The van der Waals surface area contributed by atoms with E-state index in [0.29, 0.717) is 17.0 Å². The van der Waals surface area contributed by atoms with Gasteiger partial charge in [-0.1, -0.05) is 18.2 Å². The van der Waals surface area contributed by atoms with E-state index in [0.717, 1.165) is 38.5 Å². The quantitative estimate of drug-likeness (QED) is 0.504. The van der Waals surface area contributed by atoms with Crippen molar-refractivity contribution < 1.29 is 13.2 Å². The van der Waals surface area contributed by atoms with Crippen LogP contribution in [0.25, 0.3) is 32.1 Å². The minimum Gasteiger partial charge on any atom is -0.496 e. The van der Waals surface area contributed by atoms with E-state index >= 15 is 0 Å². The number of hydrogen-bond acceptors (Lipinski definition) is 5. The number of ether oxygens (including phenoxy) is 1. The zero-order valence-corrected chi connectivity index (χ0v) is 18.8. The Balaban J connectivity index is 1.94. The highest BCUT2D eigenvalue weighted by Crippen LogP contribution is 2.40. The highest BCUT2D eigenvalue weighted by atomic mass is 32.2. The van der Waals surface area contributed by atoms with Crippen LogP contribution in [0.1, 0.15) is 11.1 Å². The summed E-state index contributed by atoms with van der Waals surface area (Å²) in [4.78, 5) is 15.4. The summed E-state index contributed by atoms with van der Waals surface area (Å²) in [7, 11) is -0.0628. The lowest BCUT2D eigenvalue weighted by Gasteiger charge is -2.18. The molecule has 4 rings (SSSR count). The van der Waals surface area contributed by atoms with Crippen LogP contribution in [-0.4, -0.2) is 38.1 Å². The lowest BCUT2D eigenvalue weighted by Crippen LogP contribution is -2.25. The molecule has 0 atom stereocenters. The minimum atomic E-state index is -3.26. The van der Waals surface area contributed by atoms with Gasteiger partial charge in [-0.2, -0.15) is 0 Å². The molecule has 0 saturated carbocycles. The Labute approximate surface area is 178 Å². The van der Waals surface area contributed by atoms with Gasteiger partial charge < -0.3 is 9.72 Å². The zero-order valence-electron chi connectivity index (χ0n) is 17.1. The van der Waals surface area contributed by atoms with Crippen LogP contribution >= 0.6 is 11.3 Å². The van der Waals surface area contributed by atoms with E-state index in [2.05, 4.69) is 4.98 Å². The Morgan fingerprint density at radius 2 is 1.93 bits per heavy atom. The van der Waals surface area contributed by atoms with Gasteiger partial charge >= 0.3 is 0 Å². The van der Waals surface area contributed by atoms with E-state index in [1.165, 1.54) is 21.9 Å². The van der Waals surface area contributed by atoms with Gasteiger partial charge in [0.15, 0.2) is 0 Å². The molecule has 1 N–H and O–H groups in total. The molecule has 2 heterocycles. The molecule has 2 aromatic heterocycles. The second-order valence-corrected chi connectivity index (χ2v) is 10.3. The maximum atomic E-state index is 12.4. The summed E-state index contributed by atoms with van der Waals surface area (Å²) in [5.74, 6) is 0.711. The number of rotatable bonds is 5. The predicted molar refractivity (Wildman–Crippen MR) is 123 cm³/mol. The van der Waals surface area contributed by atoms with Crippen LogP contribution < -0.4 is 10.3 Å². The number of fused-ring (bicyclic) bond motifs is 3. The summed E-state index contributed by atoms with van der Waals surface area (Å²) in [5.41, 5.74) is 4.41. The van der Waals surface area contributed by atoms with Crippen LogP contribution in [0.3, 0.4) is 0 Å². The number of hydrogen-bond donors (Lipinski definition) is 1. The maximum absolute atomic E-state index is 12.4. The van der Waals surface area contributed by atoms with E-state index in [-0.39, 0.29) is 5.56 Å². The van der Waals surface area contributed by atoms with Gasteiger partial charge in [0.1, 0.15) is 10.4 Å². The lowest BCUT2D eigenvalue weighted by atomic mass is 9.94. The molecule has 0 amide bonds. The number of sulfonamides is 1. The number of nitrogens with one attached hydrogen (secondary N) is 1. The number of aromatic amines is 1. The number of methoxy groups -OCH3 is 1. The van der Waals surface area contributed by atoms with Crippen molar-refractivity contribution >= 4 is 42.3 Å². The van der Waals surface area contributed by atoms with E-state index < -0.39 is 10.0 Å². The topological polar surface area (TPSA) is 79.5 Å². The Bertz CT molecular complexity index is 1440. The summed E-state index contributed by atoms with van der Waals surface area (Å²) >= 11 is 1.41. The van der Waals surface area contributed by atoms with Crippen LogP contribution in [0.15, 0.2) is 46.6 Å². The van der Waals surface area contributed by atoms with Crippen molar-refractivity contribution in [1.29, 1.82) is 0 Å². The van der Waals surface area contributed by atoms with Gasteiger partial charge in [0.25, 0.3) is 5.56 Å². The third kappa shape index (κ3) is 3.51. The van der Waals surface area contributed by atoms with Gasteiger partial charge in [-0.15, -0.1) is 11.3 Å². The first-order valence-corrected chi connectivity index (χ1v) is 12.0. The molecule has 2 aromatic carbocycles. The molecule has 4 aromatic rings. The number of nitrogens with zero attached hydrogens (tertiary/aromatic N) is 1. The summed E-state index contributed by atoms with van der Waals surface area (Å²) in [5, 5.41) is 3.75. The zero-order chi connectivity index (χ0) is 21.6. The largest absolute Gasteiger partial charge is 0.496 e. The molecular weight excluding hydrogens is 420 g/mol. The molecule has 0 unspecified atom stereocenters. The Hall–Kier alpha value is -2.68. The normalized spacial score (nSPS) is 12.2. The summed E-state index contributed by atoms with van der Waals surface area (Å²) in [6.07, 6.45) is 1.20. The van der Waals surface area contributed by atoms with Crippen molar-refractivity contribution in [3.8, 4) is 16.9 Å². The molecular formula is C22H22N2O4S2. The predicted octanol–water partition coefficient (Wildman–Crippen LogP) is 4.12. The minimum absolute atomic E-state index is 0.0982. The maximum Gasteiger partial charge on any atom is 0.266 e. The molecule has 0 spiro atoms. The van der Waals surface area contributed by atoms with E-state index in [1.807, 2.05) is 48.7 Å². The second-order valence-electron chi connectivity index (χ2n) is 7.34. The van der Waals surface area contributed by atoms with Crippen molar-refractivity contribution in [1.82, 2.24) is 9.29 Å². The molecule has 0 aliphatic rings. The first kappa shape index (κ1) is 20.6. The smallest absolute Gasteiger partial charge is 0.266 e. The summed E-state index contributed by atoms with van der Waals surface area (Å²) in [6, 6.07) is 11.6. The molecule has 30 heavy (non-hydrogen) atoms. The third-order valence-corrected chi connectivity index (χ3v) is 7.54. The van der Waals surface area contributed by atoms with Gasteiger partial charge in [-0.25, -0.2) is 12.7 Å². The average Bonchev–Trinajstić information content (AvgIpc) is 3.18. The van der Waals surface area contributed by atoms with Crippen molar-refractivity contribution in [2.24, 2.45) is 0 Å². The fourth-order valence-corrected chi connectivity index (χ4v) is 4.84. The van der Waals surface area contributed by atoms with Gasteiger partial charge in [0, 0.05) is 35.4 Å². The monoisotopic (exact) mass is 442 g/mol.